The van der Waals surface area contributed by atoms with Crippen LogP contribution in [-0.2, 0) is 11.2 Å². The van der Waals surface area contributed by atoms with Gasteiger partial charge in [0.15, 0.2) is 18.1 Å². The molecule has 3 heterocycles. The third kappa shape index (κ3) is 4.90. The van der Waals surface area contributed by atoms with Gasteiger partial charge in [-0.3, -0.25) is 9.69 Å². The van der Waals surface area contributed by atoms with E-state index in [1.54, 1.807) is 7.11 Å². The van der Waals surface area contributed by atoms with Crippen molar-refractivity contribution in [1.82, 2.24) is 14.7 Å². The van der Waals surface area contributed by atoms with Gasteiger partial charge in [0.05, 0.1) is 7.11 Å². The number of methoxy groups -OCH3 is 1. The van der Waals surface area contributed by atoms with Crippen LogP contribution in [-0.4, -0.2) is 86.7 Å². The molecule has 2 aromatic rings. The molecule has 7 nitrogen and oxygen atoms in total. The van der Waals surface area contributed by atoms with Gasteiger partial charge < -0.3 is 25.0 Å². The number of benzene rings is 2. The summed E-state index contributed by atoms with van der Waals surface area (Å²) in [4.78, 5) is 19.5. The van der Waals surface area contributed by atoms with Gasteiger partial charge >= 0.3 is 0 Å². The molecule has 2 saturated heterocycles. The molecule has 5 rings (SSSR count). The zero-order valence-corrected chi connectivity index (χ0v) is 21.2. The van der Waals surface area contributed by atoms with E-state index in [0.29, 0.717) is 11.7 Å². The highest BCUT2D eigenvalue weighted by molar-refractivity contribution is 5.78. The Kier molecular flexibility index (Phi) is 7.00. The lowest BCUT2D eigenvalue weighted by molar-refractivity contribution is -0.134. The van der Waals surface area contributed by atoms with E-state index in [-0.39, 0.29) is 24.6 Å². The molecular weight excluding hydrogens is 440 g/mol. The van der Waals surface area contributed by atoms with Crippen molar-refractivity contribution < 1.29 is 14.3 Å². The SMILES string of the molecule is COc1ccc2c(c1OCC(=O)N1CCN(C)CC1)CCN1C[C@H](c3cccc(C)c3)[C@@H](N)C[C@@H]21. The molecule has 3 atom stereocenters. The second-order valence-corrected chi connectivity index (χ2v) is 10.3. The van der Waals surface area contributed by atoms with E-state index in [1.807, 2.05) is 11.0 Å². The zero-order valence-electron chi connectivity index (χ0n) is 21.2. The van der Waals surface area contributed by atoms with Crippen molar-refractivity contribution in [3.63, 3.8) is 0 Å². The summed E-state index contributed by atoms with van der Waals surface area (Å²) in [6.45, 7) is 7.39. The third-order valence-electron chi connectivity index (χ3n) is 8.04. The van der Waals surface area contributed by atoms with Crippen LogP contribution in [0.4, 0.5) is 0 Å². The first-order chi connectivity index (χ1) is 16.9. The maximum atomic E-state index is 12.8. The van der Waals surface area contributed by atoms with E-state index < -0.39 is 0 Å². The fraction of sp³-hybridized carbons (Fsp3) is 0.536. The van der Waals surface area contributed by atoms with E-state index in [2.05, 4.69) is 54.1 Å². The highest BCUT2D eigenvalue weighted by atomic mass is 16.5. The summed E-state index contributed by atoms with van der Waals surface area (Å²) in [5.74, 6) is 1.79. The Morgan fingerprint density at radius 2 is 1.91 bits per heavy atom. The molecule has 1 amide bonds. The van der Waals surface area contributed by atoms with Gasteiger partial charge in [-0.25, -0.2) is 0 Å². The first-order valence-electron chi connectivity index (χ1n) is 12.8. The Morgan fingerprint density at radius 1 is 1.11 bits per heavy atom. The summed E-state index contributed by atoms with van der Waals surface area (Å²) in [5.41, 5.74) is 11.8. The molecule has 2 fully saturated rings. The van der Waals surface area contributed by atoms with E-state index in [9.17, 15) is 4.79 Å². The van der Waals surface area contributed by atoms with E-state index in [1.165, 1.54) is 16.7 Å². The average Bonchev–Trinajstić information content (AvgIpc) is 2.86. The molecule has 0 bridgehead atoms. The lowest BCUT2D eigenvalue weighted by atomic mass is 9.78. The van der Waals surface area contributed by atoms with Gasteiger partial charge in [-0.05, 0) is 44.0 Å². The van der Waals surface area contributed by atoms with E-state index in [0.717, 1.165) is 63.4 Å². The van der Waals surface area contributed by atoms with Crippen molar-refractivity contribution in [1.29, 1.82) is 0 Å². The molecular formula is C28H38N4O3. The number of nitrogens with two attached hydrogens (primary N) is 1. The van der Waals surface area contributed by atoms with Crippen LogP contribution in [0.5, 0.6) is 11.5 Å². The van der Waals surface area contributed by atoms with Gasteiger partial charge in [0.25, 0.3) is 5.91 Å². The largest absolute Gasteiger partial charge is 0.493 e. The first-order valence-corrected chi connectivity index (χ1v) is 12.8. The van der Waals surface area contributed by atoms with E-state index >= 15 is 0 Å². The molecule has 3 aliphatic heterocycles. The second kappa shape index (κ2) is 10.2. The van der Waals surface area contributed by atoms with Crippen LogP contribution in [0, 0.1) is 6.92 Å². The lowest BCUT2D eigenvalue weighted by Gasteiger charge is -2.46. The molecule has 0 unspecified atom stereocenters. The highest BCUT2D eigenvalue weighted by Gasteiger charge is 2.39. The van der Waals surface area contributed by atoms with Crippen LogP contribution in [0.25, 0.3) is 0 Å². The molecule has 0 aromatic heterocycles. The fourth-order valence-corrected chi connectivity index (χ4v) is 5.96. The number of rotatable bonds is 5. The minimum absolute atomic E-state index is 0.0378. The van der Waals surface area contributed by atoms with Gasteiger partial charge in [0, 0.05) is 62.8 Å². The number of carbonyl (C=O) groups excluding carboxylic acids is 1. The maximum absolute atomic E-state index is 12.8. The third-order valence-corrected chi connectivity index (χ3v) is 8.04. The number of piperazine rings is 1. The molecule has 2 N–H and O–H groups in total. The van der Waals surface area contributed by atoms with Crippen molar-refractivity contribution in [2.45, 2.75) is 37.8 Å². The van der Waals surface area contributed by atoms with Crippen LogP contribution >= 0.6 is 0 Å². The van der Waals surface area contributed by atoms with Crippen LogP contribution < -0.4 is 15.2 Å². The number of carbonyl (C=O) groups is 1. The number of ether oxygens (including phenoxy) is 2. The average molecular weight is 479 g/mol. The van der Waals surface area contributed by atoms with Gasteiger partial charge in [-0.15, -0.1) is 0 Å². The Hall–Kier alpha value is -2.61. The minimum Gasteiger partial charge on any atom is -0.493 e. The predicted octanol–water partition coefficient (Wildman–Crippen LogP) is 2.57. The maximum Gasteiger partial charge on any atom is 0.260 e. The Labute approximate surface area is 208 Å². The number of amides is 1. The summed E-state index contributed by atoms with van der Waals surface area (Å²) >= 11 is 0. The van der Waals surface area contributed by atoms with Crippen molar-refractivity contribution in [3.8, 4) is 11.5 Å². The van der Waals surface area contributed by atoms with Crippen molar-refractivity contribution in [2.75, 3.05) is 60.0 Å². The van der Waals surface area contributed by atoms with Crippen LogP contribution in [0.1, 0.15) is 40.6 Å². The Bertz CT molecular complexity index is 1070. The summed E-state index contributed by atoms with van der Waals surface area (Å²) in [5, 5.41) is 0. The van der Waals surface area contributed by atoms with Gasteiger partial charge in [-0.1, -0.05) is 35.9 Å². The molecule has 0 spiro atoms. The number of hydrogen-bond donors (Lipinski definition) is 1. The number of fused-ring (bicyclic) bond motifs is 3. The summed E-state index contributed by atoms with van der Waals surface area (Å²) < 4.78 is 11.9. The van der Waals surface area contributed by atoms with Crippen molar-refractivity contribution in [2.24, 2.45) is 5.73 Å². The van der Waals surface area contributed by atoms with Gasteiger partial charge in [0.1, 0.15) is 0 Å². The quantitative estimate of drug-likeness (QED) is 0.712. The monoisotopic (exact) mass is 478 g/mol. The normalized spacial score (nSPS) is 25.0. The fourth-order valence-electron chi connectivity index (χ4n) is 5.96. The topological polar surface area (TPSA) is 71.3 Å². The predicted molar refractivity (Wildman–Crippen MR) is 137 cm³/mol. The molecule has 0 radical (unpaired) electrons. The number of nitrogens with zero attached hydrogens (tertiary/aromatic N) is 3. The van der Waals surface area contributed by atoms with Crippen LogP contribution in [0.2, 0.25) is 0 Å². The molecule has 188 valence electrons. The first kappa shape index (κ1) is 24.1. The number of piperidine rings is 1. The molecule has 35 heavy (non-hydrogen) atoms. The molecule has 2 aromatic carbocycles. The van der Waals surface area contributed by atoms with Crippen molar-refractivity contribution in [3.05, 3.63) is 58.7 Å². The molecule has 3 aliphatic rings. The van der Waals surface area contributed by atoms with Crippen molar-refractivity contribution >= 4 is 5.91 Å². The molecule has 7 heteroatoms. The lowest BCUT2D eigenvalue weighted by Crippen LogP contribution is -2.50. The van der Waals surface area contributed by atoms with Crippen LogP contribution in [0.3, 0.4) is 0 Å². The minimum atomic E-state index is 0.0378. The van der Waals surface area contributed by atoms with E-state index in [4.69, 9.17) is 15.2 Å². The zero-order chi connectivity index (χ0) is 24.5. The standard InChI is InChI=1S/C28H38N4O3/c1-19-5-4-6-20(15-19)23-17-32-10-9-22-21(25(32)16-24(23)29)7-8-26(34-3)28(22)35-18-27(33)31-13-11-30(2)12-14-31/h4-8,15,23-25H,9-14,16-18,29H2,1-3H3/t23-,24+,25+/m1/s1. The van der Waals surface area contributed by atoms with Gasteiger partial charge in [-0.2, -0.15) is 0 Å². The Morgan fingerprint density at radius 3 is 2.66 bits per heavy atom. The summed E-state index contributed by atoms with van der Waals surface area (Å²) in [6, 6.07) is 13.3. The van der Waals surface area contributed by atoms with Gasteiger partial charge in [0.2, 0.25) is 0 Å². The second-order valence-electron chi connectivity index (χ2n) is 10.3. The van der Waals surface area contributed by atoms with Crippen LogP contribution in [0.15, 0.2) is 36.4 Å². The Balaban J connectivity index is 1.34. The summed E-state index contributed by atoms with van der Waals surface area (Å²) in [7, 11) is 3.75. The highest BCUT2D eigenvalue weighted by Crippen LogP contribution is 2.45. The molecule has 0 saturated carbocycles. The number of hydrogen-bond acceptors (Lipinski definition) is 6. The smallest absolute Gasteiger partial charge is 0.260 e. The molecule has 0 aliphatic carbocycles. The summed E-state index contributed by atoms with van der Waals surface area (Å²) in [6.07, 6.45) is 1.77. The number of likely N-dealkylation sites (N-methyl/N-ethyl adjacent to an activating group) is 1. The number of aryl methyl sites for hydroxylation is 1.